The zero-order valence-corrected chi connectivity index (χ0v) is 15.5. The van der Waals surface area contributed by atoms with Crippen molar-refractivity contribution in [3.8, 4) is 5.13 Å². The van der Waals surface area contributed by atoms with Crippen molar-refractivity contribution in [1.82, 2.24) is 24.8 Å². The van der Waals surface area contributed by atoms with Gasteiger partial charge in [-0.2, -0.15) is 10.2 Å². The summed E-state index contributed by atoms with van der Waals surface area (Å²) in [6, 6.07) is 3.96. The number of carbonyl (C=O) groups excluding carboxylic acids is 1. The van der Waals surface area contributed by atoms with Crippen LogP contribution in [0.5, 0.6) is 0 Å². The Bertz CT molecular complexity index is 919. The van der Waals surface area contributed by atoms with E-state index in [2.05, 4.69) is 25.2 Å². The molecule has 0 aliphatic carbocycles. The SMILES string of the molecule is Cc1cc(C)n(CC(=O)N/N=C\c2cc(C)n(-c3nccs3)c2C)n1. The molecular formula is C17H20N6OS. The molecule has 130 valence electrons. The summed E-state index contributed by atoms with van der Waals surface area (Å²) >= 11 is 1.58. The van der Waals surface area contributed by atoms with E-state index in [9.17, 15) is 4.79 Å². The van der Waals surface area contributed by atoms with Crippen molar-refractivity contribution >= 4 is 23.5 Å². The smallest absolute Gasteiger partial charge is 0.261 e. The largest absolute Gasteiger partial charge is 0.294 e. The maximum atomic E-state index is 12.0. The first-order valence-electron chi connectivity index (χ1n) is 7.87. The van der Waals surface area contributed by atoms with Crippen LogP contribution in [0.3, 0.4) is 0 Å². The quantitative estimate of drug-likeness (QED) is 0.564. The summed E-state index contributed by atoms with van der Waals surface area (Å²) in [6.07, 6.45) is 3.44. The van der Waals surface area contributed by atoms with Crippen LogP contribution in [0.1, 0.15) is 28.3 Å². The zero-order valence-electron chi connectivity index (χ0n) is 14.6. The summed E-state index contributed by atoms with van der Waals surface area (Å²) in [5.74, 6) is -0.212. The molecule has 3 aromatic rings. The Kier molecular flexibility index (Phi) is 4.80. The van der Waals surface area contributed by atoms with Crippen LogP contribution in [-0.4, -0.2) is 31.5 Å². The van der Waals surface area contributed by atoms with Crippen molar-refractivity contribution in [2.75, 3.05) is 0 Å². The third kappa shape index (κ3) is 3.69. The molecule has 0 saturated heterocycles. The van der Waals surface area contributed by atoms with Gasteiger partial charge in [-0.05, 0) is 39.8 Å². The van der Waals surface area contributed by atoms with E-state index in [1.807, 2.05) is 45.2 Å². The van der Waals surface area contributed by atoms with Crippen LogP contribution in [0.4, 0.5) is 0 Å². The van der Waals surface area contributed by atoms with Gasteiger partial charge in [0, 0.05) is 34.2 Å². The maximum absolute atomic E-state index is 12.0. The summed E-state index contributed by atoms with van der Waals surface area (Å²) in [6.45, 7) is 8.00. The topological polar surface area (TPSA) is 77.1 Å². The molecule has 1 amide bonds. The Hall–Kier alpha value is -2.74. The number of carbonyl (C=O) groups is 1. The number of rotatable bonds is 5. The minimum absolute atomic E-state index is 0.148. The van der Waals surface area contributed by atoms with E-state index >= 15 is 0 Å². The standard InChI is InChI=1S/C17H20N6OS/c1-11-7-12(2)22(21-11)10-16(24)20-19-9-15-8-13(3)23(14(15)4)17-18-5-6-25-17/h5-9H,10H2,1-4H3,(H,20,24)/b19-9-. The van der Waals surface area contributed by atoms with Gasteiger partial charge < -0.3 is 0 Å². The van der Waals surface area contributed by atoms with Gasteiger partial charge in [-0.15, -0.1) is 11.3 Å². The molecule has 1 N–H and O–H groups in total. The number of nitrogens with zero attached hydrogens (tertiary/aromatic N) is 5. The van der Waals surface area contributed by atoms with Crippen molar-refractivity contribution in [2.45, 2.75) is 34.2 Å². The highest BCUT2D eigenvalue weighted by atomic mass is 32.1. The third-order valence-corrected chi connectivity index (χ3v) is 4.63. The second-order valence-corrected chi connectivity index (χ2v) is 6.73. The van der Waals surface area contributed by atoms with E-state index in [1.54, 1.807) is 28.4 Å². The second kappa shape index (κ2) is 7.02. The van der Waals surface area contributed by atoms with Gasteiger partial charge in [0.05, 0.1) is 11.9 Å². The first-order valence-corrected chi connectivity index (χ1v) is 8.75. The van der Waals surface area contributed by atoms with Crippen molar-refractivity contribution in [3.63, 3.8) is 0 Å². The van der Waals surface area contributed by atoms with Crippen LogP contribution in [-0.2, 0) is 11.3 Å². The summed E-state index contributed by atoms with van der Waals surface area (Å²) < 4.78 is 3.73. The van der Waals surface area contributed by atoms with Crippen LogP contribution < -0.4 is 5.43 Å². The molecule has 3 rings (SSSR count). The lowest BCUT2D eigenvalue weighted by Gasteiger charge is -2.04. The molecule has 0 radical (unpaired) electrons. The first kappa shape index (κ1) is 17.1. The van der Waals surface area contributed by atoms with Crippen LogP contribution in [0.15, 0.2) is 28.8 Å². The summed E-state index contributed by atoms with van der Waals surface area (Å²) in [7, 11) is 0. The molecule has 0 aliphatic heterocycles. The van der Waals surface area contributed by atoms with E-state index in [0.717, 1.165) is 33.5 Å². The number of aryl methyl sites for hydroxylation is 3. The number of hydrogen-bond donors (Lipinski definition) is 1. The molecule has 3 aromatic heterocycles. The minimum atomic E-state index is -0.212. The Morgan fingerprint density at radius 3 is 2.72 bits per heavy atom. The van der Waals surface area contributed by atoms with Crippen LogP contribution >= 0.6 is 11.3 Å². The van der Waals surface area contributed by atoms with Crippen LogP contribution in [0, 0.1) is 27.7 Å². The predicted molar refractivity (Wildman–Crippen MR) is 98.4 cm³/mol. The van der Waals surface area contributed by atoms with Gasteiger partial charge in [0.25, 0.3) is 5.91 Å². The monoisotopic (exact) mass is 356 g/mol. The van der Waals surface area contributed by atoms with E-state index in [4.69, 9.17) is 0 Å². The van der Waals surface area contributed by atoms with Crippen molar-refractivity contribution in [1.29, 1.82) is 0 Å². The highest BCUT2D eigenvalue weighted by Crippen LogP contribution is 2.21. The normalized spacial score (nSPS) is 11.4. The average molecular weight is 356 g/mol. The van der Waals surface area contributed by atoms with Gasteiger partial charge in [-0.25, -0.2) is 10.4 Å². The van der Waals surface area contributed by atoms with Crippen molar-refractivity contribution in [3.05, 3.63) is 52.0 Å². The zero-order chi connectivity index (χ0) is 18.0. The lowest BCUT2D eigenvalue weighted by Crippen LogP contribution is -2.24. The number of thiazole rings is 1. The Balaban J connectivity index is 1.67. The van der Waals surface area contributed by atoms with E-state index in [1.165, 1.54) is 0 Å². The minimum Gasteiger partial charge on any atom is -0.294 e. The van der Waals surface area contributed by atoms with Gasteiger partial charge in [0.15, 0.2) is 5.13 Å². The molecule has 0 fully saturated rings. The molecule has 0 aromatic carbocycles. The fourth-order valence-corrected chi connectivity index (χ4v) is 3.47. The van der Waals surface area contributed by atoms with Gasteiger partial charge >= 0.3 is 0 Å². The molecule has 0 saturated carbocycles. The number of aromatic nitrogens is 4. The number of nitrogens with one attached hydrogen (secondary N) is 1. The van der Waals surface area contributed by atoms with Crippen LogP contribution in [0.2, 0.25) is 0 Å². The maximum Gasteiger partial charge on any atom is 0.261 e. The molecule has 0 unspecified atom stereocenters. The predicted octanol–water partition coefficient (Wildman–Crippen LogP) is 2.51. The molecule has 8 heteroatoms. The number of hydrogen-bond acceptors (Lipinski definition) is 5. The van der Waals surface area contributed by atoms with E-state index in [-0.39, 0.29) is 12.5 Å². The molecule has 0 atom stereocenters. The highest BCUT2D eigenvalue weighted by Gasteiger charge is 2.11. The molecular weight excluding hydrogens is 336 g/mol. The molecule has 7 nitrogen and oxygen atoms in total. The summed E-state index contributed by atoms with van der Waals surface area (Å²) in [5, 5.41) is 11.2. The summed E-state index contributed by atoms with van der Waals surface area (Å²) in [4.78, 5) is 16.4. The van der Waals surface area contributed by atoms with Crippen molar-refractivity contribution in [2.24, 2.45) is 5.10 Å². The average Bonchev–Trinajstić information content (AvgIpc) is 3.22. The fraction of sp³-hybridized carbons (Fsp3) is 0.294. The first-order chi connectivity index (χ1) is 12.0. The number of hydrazone groups is 1. The molecule has 0 aliphatic rings. The third-order valence-electron chi connectivity index (χ3n) is 3.87. The molecule has 3 heterocycles. The van der Waals surface area contributed by atoms with Gasteiger partial charge in [-0.1, -0.05) is 0 Å². The fourth-order valence-electron chi connectivity index (χ4n) is 2.72. The molecule has 0 spiro atoms. The Morgan fingerprint density at radius 1 is 1.28 bits per heavy atom. The van der Waals surface area contributed by atoms with Gasteiger partial charge in [-0.3, -0.25) is 14.0 Å². The highest BCUT2D eigenvalue weighted by molar-refractivity contribution is 7.12. The lowest BCUT2D eigenvalue weighted by atomic mass is 10.3. The lowest BCUT2D eigenvalue weighted by molar-refractivity contribution is -0.121. The van der Waals surface area contributed by atoms with E-state index < -0.39 is 0 Å². The second-order valence-electron chi connectivity index (χ2n) is 5.85. The summed E-state index contributed by atoms with van der Waals surface area (Å²) in [5.41, 5.74) is 7.44. The van der Waals surface area contributed by atoms with Crippen LogP contribution in [0.25, 0.3) is 5.13 Å². The molecule has 25 heavy (non-hydrogen) atoms. The number of amides is 1. The Labute approximate surface area is 150 Å². The van der Waals surface area contributed by atoms with Crippen molar-refractivity contribution < 1.29 is 4.79 Å². The van der Waals surface area contributed by atoms with Gasteiger partial charge in [0.2, 0.25) is 0 Å². The Morgan fingerprint density at radius 2 is 2.08 bits per heavy atom. The van der Waals surface area contributed by atoms with Gasteiger partial charge in [0.1, 0.15) is 6.54 Å². The van der Waals surface area contributed by atoms with E-state index in [0.29, 0.717) is 0 Å². The molecule has 0 bridgehead atoms.